The van der Waals surface area contributed by atoms with E-state index in [4.69, 9.17) is 4.74 Å². The molecular formula is C32H41F3N6O4. The van der Waals surface area contributed by atoms with Crippen molar-refractivity contribution in [3.8, 4) is 0 Å². The van der Waals surface area contributed by atoms with Crippen molar-refractivity contribution >= 4 is 35.0 Å². The third-order valence-corrected chi connectivity index (χ3v) is 7.85. The fraction of sp³-hybridized carbons (Fsp3) is 0.500. The number of benzene rings is 1. The number of rotatable bonds is 12. The molecule has 2 aliphatic rings. The second-order valence-corrected chi connectivity index (χ2v) is 12.5. The molecule has 2 amide bonds. The highest BCUT2D eigenvalue weighted by molar-refractivity contribution is 6.42. The number of Topliss-reactive ketones (excluding diaryl/α,β-unsaturated/α-hetero) is 1. The van der Waals surface area contributed by atoms with Crippen molar-refractivity contribution in [2.45, 2.75) is 78.1 Å². The number of anilines is 1. The number of ketones is 1. The molecule has 1 aliphatic carbocycles. The second-order valence-electron chi connectivity index (χ2n) is 12.5. The van der Waals surface area contributed by atoms with E-state index < -0.39 is 47.1 Å². The molecule has 0 fully saturated rings. The zero-order valence-electron chi connectivity index (χ0n) is 26.3. The summed E-state index contributed by atoms with van der Waals surface area (Å²) in [6.45, 7) is 8.41. The number of carbonyl (C=O) groups is 3. The van der Waals surface area contributed by atoms with E-state index in [0.717, 1.165) is 42.8 Å². The summed E-state index contributed by atoms with van der Waals surface area (Å²) in [5.41, 5.74) is 1.07. The molecule has 13 heteroatoms. The van der Waals surface area contributed by atoms with Gasteiger partial charge < -0.3 is 25.2 Å². The highest BCUT2D eigenvalue weighted by Crippen LogP contribution is 2.32. The van der Waals surface area contributed by atoms with Gasteiger partial charge >= 0.3 is 12.3 Å². The summed E-state index contributed by atoms with van der Waals surface area (Å²) in [5.74, 6) is -1.26. The molecule has 1 aromatic heterocycles. The van der Waals surface area contributed by atoms with E-state index in [1.807, 2.05) is 56.8 Å². The standard InChI is InChI=1S/C32H41F3N6O4/c1-6-7-11-24(28(42)29(43)38-27-16-17-36-41(27)23-9-8-10-23)37-30(44)45-26(31(2,3)4)19-40-18-25(39(5)20-40)21-12-14-22(15-13-21)32(33,34)35/h9,12-18,24,26H,6-8,10-11,19-20H2,1-5H3,(H,37,44)(H,38,43)/t24-,26+/m0/s1. The number of carbonyl (C=O) groups excluding carboxylic acids is 3. The minimum absolute atomic E-state index is 0.262. The molecule has 45 heavy (non-hydrogen) atoms. The third-order valence-electron chi connectivity index (χ3n) is 7.85. The van der Waals surface area contributed by atoms with Crippen LogP contribution in [0.1, 0.15) is 70.9 Å². The van der Waals surface area contributed by atoms with Gasteiger partial charge in [-0.2, -0.15) is 18.3 Å². The molecule has 0 radical (unpaired) electrons. The van der Waals surface area contributed by atoms with Gasteiger partial charge in [-0.25, -0.2) is 9.48 Å². The third kappa shape index (κ3) is 8.46. The Morgan fingerprint density at radius 2 is 1.78 bits per heavy atom. The number of ether oxygens (including phenoxy) is 1. The van der Waals surface area contributed by atoms with Crippen molar-refractivity contribution in [2.24, 2.45) is 5.41 Å². The van der Waals surface area contributed by atoms with E-state index in [2.05, 4.69) is 15.7 Å². The van der Waals surface area contributed by atoms with Crippen LogP contribution in [0.4, 0.5) is 23.8 Å². The van der Waals surface area contributed by atoms with Crippen LogP contribution in [-0.2, 0) is 20.5 Å². The Hall–Kier alpha value is -4.29. The summed E-state index contributed by atoms with van der Waals surface area (Å²) >= 11 is 0. The Labute approximate surface area is 261 Å². The predicted octanol–water partition coefficient (Wildman–Crippen LogP) is 5.95. The second kappa shape index (κ2) is 13.8. The highest BCUT2D eigenvalue weighted by Gasteiger charge is 2.35. The van der Waals surface area contributed by atoms with Crippen LogP contribution in [0.3, 0.4) is 0 Å². The SMILES string of the molecule is CCCC[C@H](NC(=O)O[C@H](CN1C=C(c2ccc(C(F)(F)F)cc2)N(C)C1)C(C)(C)C)C(=O)C(=O)Nc1ccnn1C1=CCC1. The van der Waals surface area contributed by atoms with Crippen molar-refractivity contribution in [1.82, 2.24) is 24.9 Å². The van der Waals surface area contributed by atoms with Crippen LogP contribution in [0.15, 0.2) is 48.8 Å². The lowest BCUT2D eigenvalue weighted by molar-refractivity contribution is -0.137. The van der Waals surface area contributed by atoms with E-state index in [1.54, 1.807) is 10.7 Å². The molecule has 244 valence electrons. The van der Waals surface area contributed by atoms with Gasteiger partial charge in [0.25, 0.3) is 5.91 Å². The molecule has 4 rings (SSSR count). The number of nitrogens with zero attached hydrogens (tertiary/aromatic N) is 4. The smallest absolute Gasteiger partial charge is 0.416 e. The molecule has 0 saturated carbocycles. The zero-order valence-corrected chi connectivity index (χ0v) is 26.3. The van der Waals surface area contributed by atoms with E-state index in [0.29, 0.717) is 31.0 Å². The van der Waals surface area contributed by atoms with Gasteiger partial charge in [-0.3, -0.25) is 9.59 Å². The van der Waals surface area contributed by atoms with Crippen molar-refractivity contribution in [1.29, 1.82) is 0 Å². The molecule has 1 aromatic carbocycles. The number of nitrogens with one attached hydrogen (secondary N) is 2. The molecule has 2 atom stereocenters. The van der Waals surface area contributed by atoms with Crippen molar-refractivity contribution in [3.05, 3.63) is 59.9 Å². The van der Waals surface area contributed by atoms with Gasteiger partial charge in [0.05, 0.1) is 30.7 Å². The van der Waals surface area contributed by atoms with E-state index in [9.17, 15) is 27.6 Å². The van der Waals surface area contributed by atoms with E-state index >= 15 is 0 Å². The molecule has 1 aliphatic heterocycles. The van der Waals surface area contributed by atoms with Gasteiger partial charge in [0.1, 0.15) is 18.0 Å². The summed E-state index contributed by atoms with van der Waals surface area (Å²) in [5, 5.41) is 9.45. The number of aromatic nitrogens is 2. The summed E-state index contributed by atoms with van der Waals surface area (Å²) in [6, 6.07) is 5.49. The van der Waals surface area contributed by atoms with Crippen LogP contribution >= 0.6 is 0 Å². The number of halogens is 3. The summed E-state index contributed by atoms with van der Waals surface area (Å²) in [7, 11) is 1.83. The van der Waals surface area contributed by atoms with Crippen molar-refractivity contribution in [2.75, 3.05) is 25.6 Å². The number of allylic oxidation sites excluding steroid dienone is 2. The van der Waals surface area contributed by atoms with Crippen LogP contribution in [0.2, 0.25) is 0 Å². The number of amides is 2. The van der Waals surface area contributed by atoms with Crippen LogP contribution in [-0.4, -0.2) is 69.8 Å². The van der Waals surface area contributed by atoms with Crippen LogP contribution in [0, 0.1) is 5.41 Å². The minimum Gasteiger partial charge on any atom is -0.444 e. The molecule has 10 nitrogen and oxygen atoms in total. The normalized spacial score (nSPS) is 16.4. The number of unbranched alkanes of at least 4 members (excludes halogenated alkanes) is 1. The number of hydrogen-bond donors (Lipinski definition) is 2. The van der Waals surface area contributed by atoms with Crippen molar-refractivity contribution < 1.29 is 32.3 Å². The molecule has 2 heterocycles. The predicted molar refractivity (Wildman–Crippen MR) is 164 cm³/mol. The number of hydrogen-bond acceptors (Lipinski definition) is 7. The van der Waals surface area contributed by atoms with Gasteiger partial charge in [0.2, 0.25) is 5.78 Å². The topological polar surface area (TPSA) is 109 Å². The summed E-state index contributed by atoms with van der Waals surface area (Å²) in [6.07, 6.45) is 2.85. The maximum Gasteiger partial charge on any atom is 0.416 e. The molecule has 0 spiro atoms. The number of alkyl halides is 3. The monoisotopic (exact) mass is 630 g/mol. The Morgan fingerprint density at radius 3 is 2.36 bits per heavy atom. The first kappa shape index (κ1) is 33.6. The van der Waals surface area contributed by atoms with Crippen molar-refractivity contribution in [3.63, 3.8) is 0 Å². The first-order valence-corrected chi connectivity index (χ1v) is 15.1. The van der Waals surface area contributed by atoms with E-state index in [-0.39, 0.29) is 6.42 Å². The Balaban J connectivity index is 1.41. The van der Waals surface area contributed by atoms with Crippen LogP contribution in [0.25, 0.3) is 11.4 Å². The molecule has 2 aromatic rings. The van der Waals surface area contributed by atoms with Crippen LogP contribution in [0.5, 0.6) is 0 Å². The lowest BCUT2D eigenvalue weighted by atomic mass is 9.88. The molecular weight excluding hydrogens is 589 g/mol. The first-order valence-electron chi connectivity index (χ1n) is 15.1. The molecule has 2 N–H and O–H groups in total. The highest BCUT2D eigenvalue weighted by atomic mass is 19.4. The van der Waals surface area contributed by atoms with Crippen LogP contribution < -0.4 is 10.6 Å². The maximum absolute atomic E-state index is 13.2. The quantitative estimate of drug-likeness (QED) is 0.279. The average Bonchev–Trinajstić information content (AvgIpc) is 3.54. The first-order chi connectivity index (χ1) is 21.2. The maximum atomic E-state index is 13.2. The average molecular weight is 631 g/mol. The van der Waals surface area contributed by atoms with Gasteiger partial charge in [-0.05, 0) is 37.0 Å². The lowest BCUT2D eigenvalue weighted by Gasteiger charge is -2.34. The fourth-order valence-electron chi connectivity index (χ4n) is 5.01. The zero-order chi connectivity index (χ0) is 32.9. The van der Waals surface area contributed by atoms with Gasteiger partial charge in [-0.1, -0.05) is 58.7 Å². The molecule has 0 bridgehead atoms. The largest absolute Gasteiger partial charge is 0.444 e. The summed E-state index contributed by atoms with van der Waals surface area (Å²) in [4.78, 5) is 43.1. The van der Waals surface area contributed by atoms with Gasteiger partial charge in [0.15, 0.2) is 0 Å². The molecule has 0 unspecified atom stereocenters. The fourth-order valence-corrected chi connectivity index (χ4v) is 5.01. The number of alkyl carbamates (subject to hydrolysis) is 1. The van der Waals surface area contributed by atoms with E-state index in [1.165, 1.54) is 18.3 Å². The Morgan fingerprint density at radius 1 is 1.09 bits per heavy atom. The molecule has 0 saturated heterocycles. The summed E-state index contributed by atoms with van der Waals surface area (Å²) < 4.78 is 46.5. The lowest BCUT2D eigenvalue weighted by Crippen LogP contribution is -2.49. The van der Waals surface area contributed by atoms with Gasteiger partial charge in [0, 0.05) is 30.4 Å². The minimum atomic E-state index is -4.42. The Kier molecular flexibility index (Phi) is 10.3. The Bertz CT molecular complexity index is 1440. The van der Waals surface area contributed by atoms with Gasteiger partial charge in [-0.15, -0.1) is 0 Å².